The minimum atomic E-state index is -3.52. The summed E-state index contributed by atoms with van der Waals surface area (Å²) in [6, 6.07) is 12.9. The first-order chi connectivity index (χ1) is 11.8. The molecule has 1 heterocycles. The van der Waals surface area contributed by atoms with Crippen molar-refractivity contribution in [2.24, 2.45) is 5.73 Å². The molecular formula is C18H15BrF2NO3. The smallest absolute Gasteiger partial charge is 0.281 e. The first-order valence-electron chi connectivity index (χ1n) is 7.49. The molecule has 0 aromatic heterocycles. The van der Waals surface area contributed by atoms with Crippen LogP contribution in [0.3, 0.4) is 0 Å². The Bertz CT molecular complexity index is 800. The van der Waals surface area contributed by atoms with Gasteiger partial charge in [-0.05, 0) is 18.2 Å². The lowest BCUT2D eigenvalue weighted by molar-refractivity contribution is -0.137. The van der Waals surface area contributed by atoms with Crippen LogP contribution in [0.1, 0.15) is 17.5 Å². The molecule has 3 rings (SSSR count). The highest BCUT2D eigenvalue weighted by atomic mass is 79.9. The summed E-state index contributed by atoms with van der Waals surface area (Å²) < 4.78 is 35.4. The highest BCUT2D eigenvalue weighted by Gasteiger charge is 2.55. The number of alkyl halides is 2. The van der Waals surface area contributed by atoms with Gasteiger partial charge in [-0.15, -0.1) is 0 Å². The molecule has 1 aliphatic heterocycles. The maximum absolute atomic E-state index is 14.5. The van der Waals surface area contributed by atoms with Gasteiger partial charge in [0, 0.05) is 22.0 Å². The van der Waals surface area contributed by atoms with E-state index in [1.807, 2.05) is 0 Å². The van der Waals surface area contributed by atoms with E-state index in [2.05, 4.69) is 15.9 Å². The molecule has 0 spiro atoms. The van der Waals surface area contributed by atoms with E-state index < -0.39 is 30.5 Å². The highest BCUT2D eigenvalue weighted by Crippen LogP contribution is 2.51. The second-order valence-corrected chi connectivity index (χ2v) is 6.73. The van der Waals surface area contributed by atoms with Crippen molar-refractivity contribution >= 4 is 21.8 Å². The summed E-state index contributed by atoms with van der Waals surface area (Å²) in [5, 5.41) is 9.18. The van der Waals surface area contributed by atoms with Crippen molar-refractivity contribution < 1.29 is 23.4 Å². The summed E-state index contributed by atoms with van der Waals surface area (Å²) in [6.07, 6.45) is -0.455. The molecule has 2 aromatic carbocycles. The van der Waals surface area contributed by atoms with E-state index in [1.165, 1.54) is 12.1 Å². The lowest BCUT2D eigenvalue weighted by Crippen LogP contribution is -2.52. The Hall–Kier alpha value is -1.99. The van der Waals surface area contributed by atoms with Crippen molar-refractivity contribution in [3.05, 3.63) is 70.0 Å². The third-order valence-electron chi connectivity index (χ3n) is 4.25. The fourth-order valence-corrected chi connectivity index (χ4v) is 3.33. The molecule has 0 fully saturated rings. The van der Waals surface area contributed by atoms with Gasteiger partial charge in [0.25, 0.3) is 11.8 Å². The number of carbonyl (C=O) groups is 1. The zero-order valence-electron chi connectivity index (χ0n) is 13.0. The number of carbonyl (C=O) groups excluding carboxylic acids is 1. The largest absolute Gasteiger partial charge is 0.472 e. The number of hydrogen-bond acceptors (Lipinski definition) is 3. The Morgan fingerprint density at radius 3 is 2.56 bits per heavy atom. The van der Waals surface area contributed by atoms with Gasteiger partial charge in [-0.2, -0.15) is 0 Å². The number of nitrogens with two attached hydrogens (primary N) is 1. The van der Waals surface area contributed by atoms with Crippen molar-refractivity contribution in [3.63, 3.8) is 0 Å². The molecule has 2 aromatic rings. The van der Waals surface area contributed by atoms with Crippen LogP contribution in [-0.4, -0.2) is 23.5 Å². The third kappa shape index (κ3) is 3.02. The SMILES string of the molecule is NC(=O)C1(c2ccccc2)C[C](C(F)(F)CO)c2cc(Br)ccc2O1. The van der Waals surface area contributed by atoms with Gasteiger partial charge in [0.05, 0.1) is 5.92 Å². The number of aliphatic hydroxyl groups is 1. The van der Waals surface area contributed by atoms with Crippen LogP contribution in [0.2, 0.25) is 0 Å². The standard InChI is InChI=1S/C18H15BrF2NO3/c19-12-6-7-15-13(8-12)14(18(20,21)10-23)9-17(25-15,16(22)24)11-4-2-1-3-5-11/h1-8,23H,9-10H2,(H2,22,24). The molecule has 3 N–H and O–H groups in total. The Balaban J connectivity index is 2.21. The summed E-state index contributed by atoms with van der Waals surface area (Å²) >= 11 is 3.24. The number of halogens is 3. The topological polar surface area (TPSA) is 72.6 Å². The molecular weight excluding hydrogens is 396 g/mol. The van der Waals surface area contributed by atoms with Gasteiger partial charge >= 0.3 is 0 Å². The summed E-state index contributed by atoms with van der Waals surface area (Å²) in [7, 11) is 0. The number of rotatable bonds is 4. The molecule has 0 saturated carbocycles. The molecule has 1 radical (unpaired) electrons. The summed E-state index contributed by atoms with van der Waals surface area (Å²) in [4.78, 5) is 12.3. The molecule has 0 aliphatic carbocycles. The van der Waals surface area contributed by atoms with E-state index >= 15 is 0 Å². The minimum absolute atomic E-state index is 0.111. The second kappa shape index (κ2) is 6.38. The van der Waals surface area contributed by atoms with E-state index in [0.717, 1.165) is 0 Å². The number of aliphatic hydroxyl groups excluding tert-OH is 1. The van der Waals surface area contributed by atoms with Crippen molar-refractivity contribution in [2.75, 3.05) is 6.61 Å². The quantitative estimate of drug-likeness (QED) is 0.812. The molecule has 4 nitrogen and oxygen atoms in total. The normalized spacial score (nSPS) is 20.6. The zero-order chi connectivity index (χ0) is 18.2. The van der Waals surface area contributed by atoms with Crippen molar-refractivity contribution in [1.29, 1.82) is 0 Å². The molecule has 131 valence electrons. The number of fused-ring (bicyclic) bond motifs is 1. The van der Waals surface area contributed by atoms with Crippen LogP contribution < -0.4 is 10.5 Å². The predicted molar refractivity (Wildman–Crippen MR) is 91.1 cm³/mol. The molecule has 1 atom stereocenters. The Labute approximate surface area is 151 Å². The summed E-state index contributed by atoms with van der Waals surface area (Å²) in [5.74, 6) is -4.67. The predicted octanol–water partition coefficient (Wildman–Crippen LogP) is 3.16. The van der Waals surface area contributed by atoms with Crippen LogP contribution in [0.4, 0.5) is 8.78 Å². The van der Waals surface area contributed by atoms with Crippen LogP contribution in [-0.2, 0) is 10.4 Å². The van der Waals surface area contributed by atoms with E-state index in [1.54, 1.807) is 36.4 Å². The van der Waals surface area contributed by atoms with E-state index in [9.17, 15) is 18.7 Å². The summed E-state index contributed by atoms with van der Waals surface area (Å²) in [5.41, 5.74) is 4.32. The maximum Gasteiger partial charge on any atom is 0.281 e. The third-order valence-corrected chi connectivity index (χ3v) is 4.75. The molecule has 7 heteroatoms. The van der Waals surface area contributed by atoms with E-state index in [4.69, 9.17) is 10.5 Å². The minimum Gasteiger partial charge on any atom is -0.472 e. The lowest BCUT2D eigenvalue weighted by atomic mass is 9.75. The Morgan fingerprint density at radius 2 is 1.96 bits per heavy atom. The van der Waals surface area contributed by atoms with Gasteiger partial charge in [-0.1, -0.05) is 46.3 Å². The average molecular weight is 411 g/mol. The maximum atomic E-state index is 14.5. The van der Waals surface area contributed by atoms with E-state index in [0.29, 0.717) is 10.0 Å². The monoisotopic (exact) mass is 410 g/mol. The molecule has 1 unspecified atom stereocenters. The van der Waals surface area contributed by atoms with Crippen molar-refractivity contribution in [3.8, 4) is 5.75 Å². The summed E-state index contributed by atoms with van der Waals surface area (Å²) in [6.45, 7) is -1.38. The van der Waals surface area contributed by atoms with Gasteiger partial charge in [0.15, 0.2) is 0 Å². The first kappa shape index (κ1) is 17.8. The van der Waals surface area contributed by atoms with Crippen LogP contribution in [0, 0.1) is 5.92 Å². The highest BCUT2D eigenvalue weighted by molar-refractivity contribution is 9.10. The van der Waals surface area contributed by atoms with Crippen LogP contribution in [0.5, 0.6) is 5.75 Å². The Kier molecular flexibility index (Phi) is 4.55. The fourth-order valence-electron chi connectivity index (χ4n) is 2.96. The van der Waals surface area contributed by atoms with Gasteiger partial charge in [-0.25, -0.2) is 8.78 Å². The van der Waals surface area contributed by atoms with Gasteiger partial charge in [0.1, 0.15) is 12.4 Å². The fraction of sp³-hybridized carbons (Fsp3) is 0.222. The Morgan fingerprint density at radius 1 is 1.28 bits per heavy atom. The van der Waals surface area contributed by atoms with E-state index in [-0.39, 0.29) is 17.2 Å². The number of benzene rings is 2. The van der Waals surface area contributed by atoms with Gasteiger partial charge in [-0.3, -0.25) is 4.79 Å². The lowest BCUT2D eigenvalue weighted by Gasteiger charge is -2.42. The van der Waals surface area contributed by atoms with Crippen molar-refractivity contribution in [1.82, 2.24) is 0 Å². The van der Waals surface area contributed by atoms with Crippen molar-refractivity contribution in [2.45, 2.75) is 17.9 Å². The van der Waals surface area contributed by atoms with Crippen LogP contribution in [0.25, 0.3) is 0 Å². The van der Waals surface area contributed by atoms with Gasteiger partial charge in [0.2, 0.25) is 5.60 Å². The second-order valence-electron chi connectivity index (χ2n) is 5.82. The number of primary amides is 1. The molecule has 0 bridgehead atoms. The van der Waals surface area contributed by atoms with Crippen LogP contribution >= 0.6 is 15.9 Å². The van der Waals surface area contributed by atoms with Gasteiger partial charge < -0.3 is 15.6 Å². The number of hydrogen-bond donors (Lipinski definition) is 2. The number of ether oxygens (including phenoxy) is 1. The average Bonchev–Trinajstić information content (AvgIpc) is 2.61. The molecule has 25 heavy (non-hydrogen) atoms. The number of amides is 1. The molecule has 1 aliphatic rings. The van der Waals surface area contributed by atoms with Crippen LogP contribution in [0.15, 0.2) is 53.0 Å². The molecule has 0 saturated heterocycles. The first-order valence-corrected chi connectivity index (χ1v) is 8.29. The molecule has 1 amide bonds. The zero-order valence-corrected chi connectivity index (χ0v) is 14.6.